The average molecular weight is 515 g/mol. The second-order valence-corrected chi connectivity index (χ2v) is 7.50. The summed E-state index contributed by atoms with van der Waals surface area (Å²) in [6.07, 6.45) is -12.3. The summed E-state index contributed by atoms with van der Waals surface area (Å²) in [4.78, 5) is 23.8. The van der Waals surface area contributed by atoms with Crippen LogP contribution in [0.5, 0.6) is 0 Å². The number of amides is 1. The Morgan fingerprint density at radius 1 is 0.806 bits per heavy atom. The van der Waals surface area contributed by atoms with Crippen molar-refractivity contribution in [3.05, 3.63) is 89.2 Å². The van der Waals surface area contributed by atoms with E-state index in [0.29, 0.717) is 12.1 Å². The number of esters is 1. The molecule has 0 heterocycles. The van der Waals surface area contributed by atoms with Crippen LogP contribution in [0.4, 0.5) is 36.4 Å². The molecule has 0 saturated heterocycles. The Bertz CT molecular complexity index is 1250. The molecule has 0 radical (unpaired) electrons. The molecule has 1 amide bonds. The first-order chi connectivity index (χ1) is 16.7. The summed E-state index contributed by atoms with van der Waals surface area (Å²) >= 11 is 0. The van der Waals surface area contributed by atoms with Gasteiger partial charge < -0.3 is 15.2 Å². The van der Waals surface area contributed by atoms with Gasteiger partial charge >= 0.3 is 18.3 Å². The quantitative estimate of drug-likeness (QED) is 0.331. The van der Waals surface area contributed by atoms with E-state index in [9.17, 15) is 45.4 Å². The van der Waals surface area contributed by atoms with Gasteiger partial charge in [0.25, 0.3) is 11.5 Å². The zero-order chi connectivity index (χ0) is 26.9. The van der Waals surface area contributed by atoms with Crippen LogP contribution >= 0.6 is 0 Å². The zero-order valence-corrected chi connectivity index (χ0v) is 18.2. The second kappa shape index (κ2) is 9.61. The number of anilines is 1. The van der Waals surface area contributed by atoms with Crippen LogP contribution in [0, 0.1) is 5.82 Å². The lowest BCUT2D eigenvalue weighted by Gasteiger charge is -2.32. The standard InChI is InChI=1S/C24H16F7NO4/c1-36-21(34)15-4-2-14(3-5-15)20(33)32-17-9-6-13(7-10-17)18-11-8-16(12-19(18)25)22(35,23(26,27)28)24(29,30)31/h2-12,35H,1H3,(H,32,33). The first-order valence-electron chi connectivity index (χ1n) is 9.95. The molecule has 0 fully saturated rings. The SMILES string of the molecule is COC(=O)c1ccc(C(=O)Nc2ccc(-c3ccc(C(O)(C(F)(F)F)C(F)(F)F)cc3F)cc2)cc1. The highest BCUT2D eigenvalue weighted by Gasteiger charge is 2.71. The molecule has 0 bridgehead atoms. The number of halogens is 7. The zero-order valence-electron chi connectivity index (χ0n) is 18.2. The molecule has 12 heteroatoms. The van der Waals surface area contributed by atoms with Gasteiger partial charge in [0, 0.05) is 22.4 Å². The summed E-state index contributed by atoms with van der Waals surface area (Å²) < 4.78 is 97.3. The van der Waals surface area contributed by atoms with Crippen molar-refractivity contribution in [3.63, 3.8) is 0 Å². The fourth-order valence-corrected chi connectivity index (χ4v) is 3.27. The van der Waals surface area contributed by atoms with Crippen LogP contribution in [0.15, 0.2) is 66.7 Å². The van der Waals surface area contributed by atoms with Crippen molar-refractivity contribution in [2.24, 2.45) is 0 Å². The Balaban J connectivity index is 1.81. The van der Waals surface area contributed by atoms with Gasteiger partial charge in [-0.1, -0.05) is 24.3 Å². The van der Waals surface area contributed by atoms with Crippen LogP contribution in [-0.4, -0.2) is 36.4 Å². The lowest BCUT2D eigenvalue weighted by atomic mass is 9.90. The molecular formula is C24H16F7NO4. The highest BCUT2D eigenvalue weighted by atomic mass is 19.4. The summed E-state index contributed by atoms with van der Waals surface area (Å²) in [5, 5.41) is 12.0. The van der Waals surface area contributed by atoms with Crippen molar-refractivity contribution >= 4 is 17.6 Å². The number of carbonyl (C=O) groups excluding carboxylic acids is 2. The van der Waals surface area contributed by atoms with Gasteiger partial charge in [0.05, 0.1) is 12.7 Å². The highest BCUT2D eigenvalue weighted by Crippen LogP contribution is 2.50. The van der Waals surface area contributed by atoms with E-state index in [1.165, 1.54) is 55.6 Å². The number of rotatable bonds is 5. The van der Waals surface area contributed by atoms with E-state index in [1.54, 1.807) is 0 Å². The van der Waals surface area contributed by atoms with Gasteiger partial charge in [-0.25, -0.2) is 9.18 Å². The number of methoxy groups -OCH3 is 1. The summed E-state index contributed by atoms with van der Waals surface area (Å²) in [6, 6.07) is 11.8. The maximum Gasteiger partial charge on any atom is 0.430 e. The smallest absolute Gasteiger partial charge is 0.430 e. The van der Waals surface area contributed by atoms with Crippen LogP contribution in [0.2, 0.25) is 0 Å². The molecule has 0 aromatic heterocycles. The average Bonchev–Trinajstić information content (AvgIpc) is 2.82. The van der Waals surface area contributed by atoms with Crippen LogP contribution in [0.25, 0.3) is 11.1 Å². The van der Waals surface area contributed by atoms with Gasteiger partial charge in [-0.15, -0.1) is 0 Å². The molecule has 190 valence electrons. The van der Waals surface area contributed by atoms with E-state index in [1.807, 2.05) is 0 Å². The number of aliphatic hydroxyl groups is 1. The number of carbonyl (C=O) groups is 2. The third-order valence-corrected chi connectivity index (χ3v) is 5.23. The largest absolute Gasteiger partial charge is 0.465 e. The Morgan fingerprint density at radius 3 is 1.81 bits per heavy atom. The van der Waals surface area contributed by atoms with E-state index in [0.717, 1.165) is 0 Å². The number of hydrogen-bond acceptors (Lipinski definition) is 4. The van der Waals surface area contributed by atoms with E-state index in [2.05, 4.69) is 10.1 Å². The van der Waals surface area contributed by atoms with Crippen LogP contribution < -0.4 is 5.32 Å². The van der Waals surface area contributed by atoms with Gasteiger partial charge in [0.15, 0.2) is 0 Å². The summed E-state index contributed by atoms with van der Waals surface area (Å²) in [6.45, 7) is 0. The molecule has 3 aromatic rings. The molecule has 0 unspecified atom stereocenters. The summed E-state index contributed by atoms with van der Waals surface area (Å²) in [5.41, 5.74) is -6.52. The third-order valence-electron chi connectivity index (χ3n) is 5.23. The van der Waals surface area contributed by atoms with Gasteiger partial charge in [0.1, 0.15) is 5.82 Å². The number of ether oxygens (including phenoxy) is 1. The minimum Gasteiger partial charge on any atom is -0.465 e. The van der Waals surface area contributed by atoms with E-state index in [-0.39, 0.29) is 34.0 Å². The molecule has 3 aromatic carbocycles. The molecule has 0 aliphatic heterocycles. The van der Waals surface area contributed by atoms with Gasteiger partial charge in [-0.2, -0.15) is 26.3 Å². The minimum absolute atomic E-state index is 0.0238. The van der Waals surface area contributed by atoms with E-state index >= 15 is 0 Å². The first kappa shape index (κ1) is 26.7. The maximum absolute atomic E-state index is 14.5. The lowest BCUT2D eigenvalue weighted by molar-refractivity contribution is -0.376. The van der Waals surface area contributed by atoms with Crippen molar-refractivity contribution in [3.8, 4) is 11.1 Å². The molecule has 0 saturated carbocycles. The normalized spacial score (nSPS) is 12.2. The van der Waals surface area contributed by atoms with E-state index in [4.69, 9.17) is 0 Å². The topological polar surface area (TPSA) is 75.6 Å². The molecule has 0 aliphatic carbocycles. The van der Waals surface area contributed by atoms with Crippen LogP contribution in [0.1, 0.15) is 26.3 Å². The Hall–Kier alpha value is -3.93. The third kappa shape index (κ3) is 5.03. The summed E-state index contributed by atoms with van der Waals surface area (Å²) in [7, 11) is 1.21. The fourth-order valence-electron chi connectivity index (χ4n) is 3.27. The van der Waals surface area contributed by atoms with Crippen LogP contribution in [-0.2, 0) is 10.3 Å². The molecule has 3 rings (SSSR count). The second-order valence-electron chi connectivity index (χ2n) is 7.50. The van der Waals surface area contributed by atoms with Crippen molar-refractivity contribution < 1.29 is 50.2 Å². The van der Waals surface area contributed by atoms with Crippen molar-refractivity contribution in [2.45, 2.75) is 18.0 Å². The van der Waals surface area contributed by atoms with Crippen molar-refractivity contribution in [2.75, 3.05) is 12.4 Å². The first-order valence-corrected chi connectivity index (χ1v) is 9.95. The predicted octanol–water partition coefficient (Wildman–Crippen LogP) is 5.84. The Labute approximate surface area is 199 Å². The van der Waals surface area contributed by atoms with Crippen LogP contribution in [0.3, 0.4) is 0 Å². The van der Waals surface area contributed by atoms with Gasteiger partial charge in [-0.3, -0.25) is 4.79 Å². The molecule has 36 heavy (non-hydrogen) atoms. The van der Waals surface area contributed by atoms with Gasteiger partial charge in [-0.05, 0) is 48.0 Å². The highest BCUT2D eigenvalue weighted by molar-refractivity contribution is 6.04. The fraction of sp³-hybridized carbons (Fsp3) is 0.167. The minimum atomic E-state index is -6.14. The molecule has 0 atom stereocenters. The van der Waals surface area contributed by atoms with Gasteiger partial charge in [0.2, 0.25) is 0 Å². The molecule has 2 N–H and O–H groups in total. The monoisotopic (exact) mass is 515 g/mol. The lowest BCUT2D eigenvalue weighted by Crippen LogP contribution is -2.53. The summed E-state index contributed by atoms with van der Waals surface area (Å²) in [5.74, 6) is -2.56. The molecule has 5 nitrogen and oxygen atoms in total. The molecule has 0 spiro atoms. The molecular weight excluding hydrogens is 499 g/mol. The van der Waals surface area contributed by atoms with Crippen molar-refractivity contribution in [1.29, 1.82) is 0 Å². The molecule has 0 aliphatic rings. The predicted molar refractivity (Wildman–Crippen MR) is 114 cm³/mol. The number of alkyl halides is 6. The Kier molecular flexibility index (Phi) is 7.12. The van der Waals surface area contributed by atoms with Crippen molar-refractivity contribution in [1.82, 2.24) is 0 Å². The van der Waals surface area contributed by atoms with E-state index < -0.39 is 41.2 Å². The number of benzene rings is 3. The number of nitrogens with one attached hydrogen (secondary N) is 1. The maximum atomic E-state index is 14.5. The number of hydrogen-bond donors (Lipinski definition) is 2. The Morgan fingerprint density at radius 2 is 1.33 bits per heavy atom.